The summed E-state index contributed by atoms with van der Waals surface area (Å²) in [5, 5.41) is 10.0. The zero-order valence-electron chi connectivity index (χ0n) is 9.98. The molecule has 1 aromatic heterocycles. The minimum absolute atomic E-state index is 0.318. The van der Waals surface area contributed by atoms with E-state index in [1.54, 1.807) is 18.3 Å². The molecular formula is C13H14BrFN2O. The molecule has 0 fully saturated rings. The summed E-state index contributed by atoms with van der Waals surface area (Å²) in [5.74, 6) is 0.495. The van der Waals surface area contributed by atoms with Crippen molar-refractivity contribution in [1.82, 2.24) is 9.55 Å². The van der Waals surface area contributed by atoms with Gasteiger partial charge in [-0.15, -0.1) is 0 Å². The highest BCUT2D eigenvalue weighted by Gasteiger charge is 2.14. The molecule has 1 unspecified atom stereocenters. The molecule has 0 spiro atoms. The molecule has 1 aromatic carbocycles. The molecule has 0 aliphatic heterocycles. The predicted octanol–water partition coefficient (Wildman–Crippen LogP) is 2.99. The van der Waals surface area contributed by atoms with Crippen LogP contribution in [0.4, 0.5) is 4.39 Å². The lowest BCUT2D eigenvalue weighted by Gasteiger charge is -2.12. The summed E-state index contributed by atoms with van der Waals surface area (Å²) in [6.07, 6.45) is 3.79. The summed E-state index contributed by atoms with van der Waals surface area (Å²) in [6, 6.07) is 4.58. The Morgan fingerprint density at radius 3 is 2.94 bits per heavy atom. The van der Waals surface area contributed by atoms with Gasteiger partial charge in [-0.3, -0.25) is 0 Å². The average molecular weight is 313 g/mol. The number of aryl methyl sites for hydroxylation is 2. The fourth-order valence-corrected chi connectivity index (χ4v) is 2.21. The van der Waals surface area contributed by atoms with E-state index < -0.39 is 6.10 Å². The third-order valence-corrected chi connectivity index (χ3v) is 3.37. The number of nitrogens with zero attached hydrogens (tertiary/aromatic N) is 2. The number of aliphatic hydroxyl groups is 1. The Kier molecular flexibility index (Phi) is 4.14. The predicted molar refractivity (Wildman–Crippen MR) is 70.6 cm³/mol. The van der Waals surface area contributed by atoms with Gasteiger partial charge in [-0.1, -0.05) is 15.9 Å². The summed E-state index contributed by atoms with van der Waals surface area (Å²) >= 11 is 3.27. The summed E-state index contributed by atoms with van der Waals surface area (Å²) < 4.78 is 16.2. The molecule has 0 saturated carbocycles. The minimum Gasteiger partial charge on any atom is -0.388 e. The first kappa shape index (κ1) is 13.2. The van der Waals surface area contributed by atoms with Crippen LogP contribution in [0.3, 0.4) is 0 Å². The van der Waals surface area contributed by atoms with Crippen LogP contribution in [0.25, 0.3) is 0 Å². The molecule has 96 valence electrons. The highest BCUT2D eigenvalue weighted by molar-refractivity contribution is 9.10. The molecule has 0 amide bonds. The standard InChI is InChI=1S/C13H14BrFN2O/c1-17-7-6-16-13(17)5-4-12(18)10-8-9(14)2-3-11(10)15/h2-3,6-8,12,18H,4-5H2,1H3. The Hall–Kier alpha value is -1.20. The maximum absolute atomic E-state index is 13.6. The van der Waals surface area contributed by atoms with E-state index in [4.69, 9.17) is 0 Å². The molecule has 3 nitrogen and oxygen atoms in total. The first-order chi connectivity index (χ1) is 8.58. The Morgan fingerprint density at radius 2 is 2.28 bits per heavy atom. The van der Waals surface area contributed by atoms with E-state index in [0.29, 0.717) is 18.4 Å². The lowest BCUT2D eigenvalue weighted by molar-refractivity contribution is 0.162. The van der Waals surface area contributed by atoms with Crippen LogP contribution in [-0.2, 0) is 13.5 Å². The summed E-state index contributed by atoms with van der Waals surface area (Å²) in [7, 11) is 1.90. The van der Waals surface area contributed by atoms with Crippen LogP contribution in [0.5, 0.6) is 0 Å². The van der Waals surface area contributed by atoms with Crippen LogP contribution in [0.15, 0.2) is 35.1 Å². The third-order valence-electron chi connectivity index (χ3n) is 2.88. The van der Waals surface area contributed by atoms with Gasteiger partial charge in [0.1, 0.15) is 11.6 Å². The molecule has 5 heteroatoms. The molecule has 2 rings (SSSR count). The quantitative estimate of drug-likeness (QED) is 0.942. The topological polar surface area (TPSA) is 38.0 Å². The molecule has 1 N–H and O–H groups in total. The van der Waals surface area contributed by atoms with E-state index in [9.17, 15) is 9.50 Å². The monoisotopic (exact) mass is 312 g/mol. The maximum atomic E-state index is 13.6. The number of aliphatic hydroxyl groups excluding tert-OH is 1. The van der Waals surface area contributed by atoms with Gasteiger partial charge in [-0.2, -0.15) is 0 Å². The number of imidazole rings is 1. The van der Waals surface area contributed by atoms with Crippen LogP contribution in [0.2, 0.25) is 0 Å². The van der Waals surface area contributed by atoms with Crippen LogP contribution >= 0.6 is 15.9 Å². The Bertz CT molecular complexity index is 542. The van der Waals surface area contributed by atoms with Gasteiger partial charge in [-0.25, -0.2) is 9.37 Å². The van der Waals surface area contributed by atoms with Gasteiger partial charge in [-0.05, 0) is 24.6 Å². The van der Waals surface area contributed by atoms with Crippen molar-refractivity contribution in [3.8, 4) is 0 Å². The van der Waals surface area contributed by atoms with E-state index in [1.165, 1.54) is 6.07 Å². The number of aromatic nitrogens is 2. The van der Waals surface area contributed by atoms with Crippen LogP contribution in [-0.4, -0.2) is 14.7 Å². The van der Waals surface area contributed by atoms with Gasteiger partial charge >= 0.3 is 0 Å². The summed E-state index contributed by atoms with van der Waals surface area (Å²) in [4.78, 5) is 4.17. The zero-order chi connectivity index (χ0) is 13.1. The molecule has 1 heterocycles. The molecule has 0 aliphatic carbocycles. The van der Waals surface area contributed by atoms with Crippen molar-refractivity contribution >= 4 is 15.9 Å². The number of hydrogen-bond donors (Lipinski definition) is 1. The van der Waals surface area contributed by atoms with E-state index in [1.807, 2.05) is 17.8 Å². The van der Waals surface area contributed by atoms with E-state index in [-0.39, 0.29) is 5.82 Å². The van der Waals surface area contributed by atoms with Crippen LogP contribution < -0.4 is 0 Å². The fourth-order valence-electron chi connectivity index (χ4n) is 1.83. The van der Waals surface area contributed by atoms with Gasteiger partial charge < -0.3 is 9.67 Å². The first-order valence-electron chi connectivity index (χ1n) is 5.67. The van der Waals surface area contributed by atoms with Crippen LogP contribution in [0, 0.1) is 5.82 Å². The summed E-state index contributed by atoms with van der Waals surface area (Å²) in [6.45, 7) is 0. The average Bonchev–Trinajstić information content (AvgIpc) is 2.75. The smallest absolute Gasteiger partial charge is 0.129 e. The fraction of sp³-hybridized carbons (Fsp3) is 0.308. The second-order valence-corrected chi connectivity index (χ2v) is 5.09. The molecule has 0 aliphatic rings. The van der Waals surface area contributed by atoms with E-state index in [0.717, 1.165) is 10.3 Å². The van der Waals surface area contributed by atoms with Crippen molar-refractivity contribution in [2.24, 2.45) is 7.05 Å². The van der Waals surface area contributed by atoms with Crippen molar-refractivity contribution in [3.63, 3.8) is 0 Å². The second-order valence-electron chi connectivity index (χ2n) is 4.17. The van der Waals surface area contributed by atoms with E-state index >= 15 is 0 Å². The van der Waals surface area contributed by atoms with E-state index in [2.05, 4.69) is 20.9 Å². The second kappa shape index (κ2) is 5.63. The Morgan fingerprint density at radius 1 is 1.50 bits per heavy atom. The normalized spacial score (nSPS) is 12.7. The van der Waals surface area contributed by atoms with Gasteiger partial charge in [0, 0.05) is 35.9 Å². The lowest BCUT2D eigenvalue weighted by Crippen LogP contribution is -2.05. The molecule has 0 radical (unpaired) electrons. The molecule has 2 aromatic rings. The highest BCUT2D eigenvalue weighted by Crippen LogP contribution is 2.24. The number of benzene rings is 1. The minimum atomic E-state index is -0.820. The van der Waals surface area contributed by atoms with Gasteiger partial charge in [0.15, 0.2) is 0 Å². The van der Waals surface area contributed by atoms with Crippen molar-refractivity contribution in [2.45, 2.75) is 18.9 Å². The van der Waals surface area contributed by atoms with Gasteiger partial charge in [0.25, 0.3) is 0 Å². The number of halogens is 2. The molecule has 18 heavy (non-hydrogen) atoms. The van der Waals surface area contributed by atoms with Gasteiger partial charge in [0.05, 0.1) is 6.10 Å². The number of hydrogen-bond acceptors (Lipinski definition) is 2. The number of rotatable bonds is 4. The zero-order valence-corrected chi connectivity index (χ0v) is 11.6. The van der Waals surface area contributed by atoms with Gasteiger partial charge in [0.2, 0.25) is 0 Å². The van der Waals surface area contributed by atoms with Crippen molar-refractivity contribution in [1.29, 1.82) is 0 Å². The lowest BCUT2D eigenvalue weighted by atomic mass is 10.0. The Balaban J connectivity index is 2.06. The SMILES string of the molecule is Cn1ccnc1CCC(O)c1cc(Br)ccc1F. The van der Waals surface area contributed by atoms with Crippen LogP contribution in [0.1, 0.15) is 23.9 Å². The van der Waals surface area contributed by atoms with Crippen molar-refractivity contribution in [3.05, 3.63) is 52.3 Å². The largest absolute Gasteiger partial charge is 0.388 e. The third kappa shape index (κ3) is 2.97. The first-order valence-corrected chi connectivity index (χ1v) is 6.46. The highest BCUT2D eigenvalue weighted by atomic mass is 79.9. The Labute approximate surface area is 113 Å². The summed E-state index contributed by atoms with van der Waals surface area (Å²) in [5.41, 5.74) is 0.318. The van der Waals surface area contributed by atoms with Crippen molar-refractivity contribution < 1.29 is 9.50 Å². The molecule has 1 atom stereocenters. The molecule has 0 bridgehead atoms. The molecule has 0 saturated heterocycles. The van der Waals surface area contributed by atoms with Crippen molar-refractivity contribution in [2.75, 3.05) is 0 Å². The molecular weight excluding hydrogens is 299 g/mol. The maximum Gasteiger partial charge on any atom is 0.129 e.